The third-order valence-corrected chi connectivity index (χ3v) is 6.26. The van der Waals surface area contributed by atoms with Crippen molar-refractivity contribution >= 4 is 11.8 Å². The molecule has 0 aliphatic heterocycles. The number of hydrogen-bond donors (Lipinski definition) is 1. The van der Waals surface area contributed by atoms with E-state index in [0.29, 0.717) is 24.6 Å². The average Bonchev–Trinajstić information content (AvgIpc) is 3.31. The Morgan fingerprint density at radius 2 is 1.66 bits per heavy atom. The highest BCUT2D eigenvalue weighted by molar-refractivity contribution is 5.88. The standard InChI is InChI=1S/C27H36N2O3/c1-20(2)23-13-15-25(16-14-23)32-19-26(30)29(18-17-22-9-5-4-6-10-22)21(3)27(31)28-24-11-7-8-12-24/h4-6,9-10,13-16,20-21,24H,7-8,11-12,17-19H2,1-3H3,(H,28,31)/t21-/m0/s1. The second kappa shape index (κ2) is 11.7. The number of benzene rings is 2. The summed E-state index contributed by atoms with van der Waals surface area (Å²) in [4.78, 5) is 27.7. The number of hydrogen-bond acceptors (Lipinski definition) is 3. The first-order valence-electron chi connectivity index (χ1n) is 11.8. The molecule has 5 heteroatoms. The van der Waals surface area contributed by atoms with Gasteiger partial charge in [-0.05, 0) is 55.4 Å². The molecular weight excluding hydrogens is 400 g/mol. The Morgan fingerprint density at radius 3 is 2.28 bits per heavy atom. The maximum atomic E-state index is 13.1. The third-order valence-electron chi connectivity index (χ3n) is 6.26. The summed E-state index contributed by atoms with van der Waals surface area (Å²) in [5, 5.41) is 3.13. The van der Waals surface area contributed by atoms with Crippen molar-refractivity contribution in [2.75, 3.05) is 13.2 Å². The number of carbonyl (C=O) groups is 2. The summed E-state index contributed by atoms with van der Waals surface area (Å²) >= 11 is 0. The molecule has 0 spiro atoms. The number of amides is 2. The van der Waals surface area contributed by atoms with Gasteiger partial charge >= 0.3 is 0 Å². The molecule has 0 bridgehead atoms. The minimum Gasteiger partial charge on any atom is -0.484 e. The van der Waals surface area contributed by atoms with Crippen molar-refractivity contribution in [3.8, 4) is 5.75 Å². The van der Waals surface area contributed by atoms with Crippen LogP contribution in [-0.2, 0) is 16.0 Å². The number of rotatable bonds is 10. The molecular formula is C27H36N2O3. The van der Waals surface area contributed by atoms with Crippen molar-refractivity contribution in [3.05, 3.63) is 65.7 Å². The van der Waals surface area contributed by atoms with E-state index in [4.69, 9.17) is 4.74 Å². The Hall–Kier alpha value is -2.82. The highest BCUT2D eigenvalue weighted by Crippen LogP contribution is 2.20. The lowest BCUT2D eigenvalue weighted by Crippen LogP contribution is -2.51. The summed E-state index contributed by atoms with van der Waals surface area (Å²) < 4.78 is 5.78. The highest BCUT2D eigenvalue weighted by Gasteiger charge is 2.28. The van der Waals surface area contributed by atoms with Gasteiger partial charge in [0.25, 0.3) is 5.91 Å². The van der Waals surface area contributed by atoms with Crippen molar-refractivity contribution in [1.82, 2.24) is 10.2 Å². The van der Waals surface area contributed by atoms with Crippen LogP contribution in [0.4, 0.5) is 0 Å². The molecule has 1 N–H and O–H groups in total. The van der Waals surface area contributed by atoms with Gasteiger partial charge in [-0.1, -0.05) is 69.2 Å². The van der Waals surface area contributed by atoms with Crippen LogP contribution in [0.5, 0.6) is 5.75 Å². The largest absolute Gasteiger partial charge is 0.484 e. The molecule has 0 unspecified atom stereocenters. The maximum absolute atomic E-state index is 13.1. The second-order valence-corrected chi connectivity index (χ2v) is 9.00. The number of nitrogens with zero attached hydrogens (tertiary/aromatic N) is 1. The topological polar surface area (TPSA) is 58.6 Å². The van der Waals surface area contributed by atoms with Crippen LogP contribution in [-0.4, -0.2) is 41.9 Å². The minimum atomic E-state index is -0.543. The fraction of sp³-hybridized carbons (Fsp3) is 0.481. The van der Waals surface area contributed by atoms with Crippen molar-refractivity contribution in [2.45, 2.75) is 70.9 Å². The Kier molecular flexibility index (Phi) is 8.72. The van der Waals surface area contributed by atoms with Crippen LogP contribution in [0.15, 0.2) is 54.6 Å². The smallest absolute Gasteiger partial charge is 0.261 e. The monoisotopic (exact) mass is 436 g/mol. The molecule has 2 aromatic carbocycles. The average molecular weight is 437 g/mol. The summed E-state index contributed by atoms with van der Waals surface area (Å²) in [5.74, 6) is 0.842. The van der Waals surface area contributed by atoms with Gasteiger partial charge in [-0.25, -0.2) is 0 Å². The van der Waals surface area contributed by atoms with Gasteiger partial charge in [0, 0.05) is 12.6 Å². The van der Waals surface area contributed by atoms with Crippen LogP contribution in [0.25, 0.3) is 0 Å². The molecule has 1 atom stereocenters. The molecule has 0 heterocycles. The molecule has 0 aromatic heterocycles. The highest BCUT2D eigenvalue weighted by atomic mass is 16.5. The predicted octanol–water partition coefficient (Wildman–Crippen LogP) is 4.71. The predicted molar refractivity (Wildman–Crippen MR) is 128 cm³/mol. The zero-order valence-electron chi connectivity index (χ0n) is 19.5. The molecule has 32 heavy (non-hydrogen) atoms. The van der Waals surface area contributed by atoms with E-state index in [1.807, 2.05) is 61.5 Å². The first kappa shape index (κ1) is 23.8. The van der Waals surface area contributed by atoms with Gasteiger partial charge in [-0.15, -0.1) is 0 Å². The Labute approximate surface area is 192 Å². The summed E-state index contributed by atoms with van der Waals surface area (Å²) in [5.41, 5.74) is 2.37. The van der Waals surface area contributed by atoms with Gasteiger partial charge < -0.3 is 15.0 Å². The van der Waals surface area contributed by atoms with Crippen molar-refractivity contribution in [2.24, 2.45) is 0 Å². The van der Waals surface area contributed by atoms with Gasteiger partial charge in [0.2, 0.25) is 5.91 Å². The van der Waals surface area contributed by atoms with Crippen LogP contribution >= 0.6 is 0 Å². The van der Waals surface area contributed by atoms with E-state index >= 15 is 0 Å². The van der Waals surface area contributed by atoms with Crippen LogP contribution in [0.1, 0.15) is 63.5 Å². The van der Waals surface area contributed by atoms with E-state index in [9.17, 15) is 9.59 Å². The first-order chi connectivity index (χ1) is 15.4. The van der Waals surface area contributed by atoms with Crippen LogP contribution in [0.2, 0.25) is 0 Å². The SMILES string of the molecule is CC(C)c1ccc(OCC(=O)N(CCc2ccccc2)[C@@H](C)C(=O)NC2CCCC2)cc1. The number of ether oxygens (including phenoxy) is 1. The molecule has 1 aliphatic carbocycles. The van der Waals surface area contributed by atoms with Gasteiger partial charge in [0.15, 0.2) is 6.61 Å². The molecule has 0 saturated heterocycles. The number of nitrogens with one attached hydrogen (secondary N) is 1. The fourth-order valence-corrected chi connectivity index (χ4v) is 4.14. The quantitative estimate of drug-likeness (QED) is 0.587. The Bertz CT molecular complexity index is 858. The lowest BCUT2D eigenvalue weighted by molar-refractivity contribution is -0.141. The molecule has 5 nitrogen and oxygen atoms in total. The molecule has 1 aliphatic rings. The Morgan fingerprint density at radius 1 is 1.00 bits per heavy atom. The maximum Gasteiger partial charge on any atom is 0.261 e. The van der Waals surface area contributed by atoms with Gasteiger partial charge in [-0.2, -0.15) is 0 Å². The molecule has 2 aromatic rings. The van der Waals surface area contributed by atoms with Crippen molar-refractivity contribution in [3.63, 3.8) is 0 Å². The van der Waals surface area contributed by atoms with Gasteiger partial charge in [0.05, 0.1) is 0 Å². The minimum absolute atomic E-state index is 0.0837. The van der Waals surface area contributed by atoms with E-state index in [0.717, 1.165) is 31.2 Å². The normalized spacial score (nSPS) is 14.9. The van der Waals surface area contributed by atoms with E-state index in [1.54, 1.807) is 4.90 Å². The van der Waals surface area contributed by atoms with Crippen molar-refractivity contribution < 1.29 is 14.3 Å². The van der Waals surface area contributed by atoms with E-state index < -0.39 is 6.04 Å². The molecule has 2 amide bonds. The fourth-order valence-electron chi connectivity index (χ4n) is 4.14. The number of carbonyl (C=O) groups excluding carboxylic acids is 2. The molecule has 172 valence electrons. The summed E-state index contributed by atoms with van der Waals surface area (Å²) in [7, 11) is 0. The summed E-state index contributed by atoms with van der Waals surface area (Å²) in [6, 6.07) is 17.6. The zero-order chi connectivity index (χ0) is 22.9. The molecule has 1 fully saturated rings. The summed E-state index contributed by atoms with van der Waals surface area (Å²) in [6.07, 6.45) is 5.04. The van der Waals surface area contributed by atoms with Crippen LogP contribution < -0.4 is 10.1 Å². The Balaban J connectivity index is 1.63. The zero-order valence-corrected chi connectivity index (χ0v) is 19.5. The van der Waals surface area contributed by atoms with Crippen LogP contribution in [0, 0.1) is 0 Å². The lowest BCUT2D eigenvalue weighted by atomic mass is 10.0. The molecule has 0 radical (unpaired) electrons. The van der Waals surface area contributed by atoms with E-state index in [-0.39, 0.29) is 24.5 Å². The second-order valence-electron chi connectivity index (χ2n) is 9.00. The van der Waals surface area contributed by atoms with Crippen molar-refractivity contribution in [1.29, 1.82) is 0 Å². The lowest BCUT2D eigenvalue weighted by Gasteiger charge is -2.29. The van der Waals surface area contributed by atoms with Gasteiger partial charge in [-0.3, -0.25) is 9.59 Å². The van der Waals surface area contributed by atoms with Crippen LogP contribution in [0.3, 0.4) is 0 Å². The molecule has 1 saturated carbocycles. The third kappa shape index (κ3) is 6.84. The molecule has 3 rings (SSSR count). The van der Waals surface area contributed by atoms with E-state index in [1.165, 1.54) is 5.56 Å². The van der Waals surface area contributed by atoms with Gasteiger partial charge in [0.1, 0.15) is 11.8 Å². The van der Waals surface area contributed by atoms with E-state index in [2.05, 4.69) is 19.2 Å². The summed E-state index contributed by atoms with van der Waals surface area (Å²) in [6.45, 7) is 6.48. The first-order valence-corrected chi connectivity index (χ1v) is 11.8.